The molecule has 1 aromatic carbocycles. The zero-order valence-corrected chi connectivity index (χ0v) is 11.0. The molecule has 17 heavy (non-hydrogen) atoms. The van der Waals surface area contributed by atoms with Crippen molar-refractivity contribution < 1.29 is 19.0 Å². The van der Waals surface area contributed by atoms with E-state index in [0.717, 1.165) is 10.0 Å². The minimum Gasteiger partial charge on any atom is -0.493 e. The lowest BCUT2D eigenvalue weighted by Crippen LogP contribution is -2.18. The fourth-order valence-corrected chi connectivity index (χ4v) is 2.29. The number of nitrogens with one attached hydrogen (secondary N) is 1. The summed E-state index contributed by atoms with van der Waals surface area (Å²) in [5.41, 5.74) is 0.897. The Morgan fingerprint density at radius 2 is 2.00 bits per heavy atom. The Hall–Kier alpha value is -1.43. The average molecular weight is 302 g/mol. The number of benzene rings is 1. The molecular formula is C11H12BrNO4. The Balaban J connectivity index is 2.37. The highest BCUT2D eigenvalue weighted by Gasteiger charge is 2.26. The van der Waals surface area contributed by atoms with Gasteiger partial charge in [-0.2, -0.15) is 0 Å². The van der Waals surface area contributed by atoms with Crippen LogP contribution < -0.4 is 14.8 Å². The summed E-state index contributed by atoms with van der Waals surface area (Å²) in [5, 5.41) is 2.71. The maximum absolute atomic E-state index is 11.0. The molecule has 1 aliphatic heterocycles. The first-order valence-corrected chi connectivity index (χ1v) is 5.79. The molecule has 0 bridgehead atoms. The topological polar surface area (TPSA) is 56.8 Å². The fraction of sp³-hybridized carbons (Fsp3) is 0.364. The lowest BCUT2D eigenvalue weighted by atomic mass is 10.1. The van der Waals surface area contributed by atoms with E-state index in [-0.39, 0.29) is 6.04 Å². The van der Waals surface area contributed by atoms with Crippen LogP contribution in [0.5, 0.6) is 11.5 Å². The van der Waals surface area contributed by atoms with E-state index in [4.69, 9.17) is 14.2 Å². The predicted octanol–water partition coefficient (Wildman–Crippen LogP) is 2.25. The van der Waals surface area contributed by atoms with Gasteiger partial charge >= 0.3 is 6.09 Å². The van der Waals surface area contributed by atoms with Gasteiger partial charge in [0.2, 0.25) is 0 Å². The number of hydrogen-bond acceptors (Lipinski definition) is 4. The van der Waals surface area contributed by atoms with Crippen molar-refractivity contribution in [3.05, 3.63) is 22.2 Å². The van der Waals surface area contributed by atoms with Crippen molar-refractivity contribution in [3.8, 4) is 11.5 Å². The highest BCUT2D eigenvalue weighted by molar-refractivity contribution is 9.10. The van der Waals surface area contributed by atoms with E-state index in [2.05, 4.69) is 21.2 Å². The molecule has 1 amide bonds. The summed E-state index contributed by atoms with van der Waals surface area (Å²) in [5.74, 6) is 1.25. The smallest absolute Gasteiger partial charge is 0.407 e. The molecule has 0 saturated carbocycles. The van der Waals surface area contributed by atoms with Crippen molar-refractivity contribution in [2.75, 3.05) is 20.8 Å². The van der Waals surface area contributed by atoms with Crippen molar-refractivity contribution >= 4 is 22.0 Å². The number of ether oxygens (including phenoxy) is 3. The van der Waals surface area contributed by atoms with E-state index in [1.807, 2.05) is 6.07 Å². The van der Waals surface area contributed by atoms with Crippen LogP contribution in [0.3, 0.4) is 0 Å². The maximum atomic E-state index is 11.0. The number of methoxy groups -OCH3 is 2. The summed E-state index contributed by atoms with van der Waals surface area (Å²) in [7, 11) is 3.14. The Labute approximate surface area is 107 Å². The fourth-order valence-electron chi connectivity index (χ4n) is 1.69. The summed E-state index contributed by atoms with van der Waals surface area (Å²) in [4.78, 5) is 11.0. The van der Waals surface area contributed by atoms with E-state index in [0.29, 0.717) is 18.1 Å². The molecule has 0 aliphatic carbocycles. The number of carbonyl (C=O) groups is 1. The molecule has 1 heterocycles. The lowest BCUT2D eigenvalue weighted by Gasteiger charge is -2.14. The first-order chi connectivity index (χ1) is 8.15. The van der Waals surface area contributed by atoms with Crippen LogP contribution in [0.4, 0.5) is 4.79 Å². The Bertz CT molecular complexity index is 449. The van der Waals surface area contributed by atoms with Crippen molar-refractivity contribution in [2.45, 2.75) is 6.04 Å². The van der Waals surface area contributed by atoms with Crippen LogP contribution in [0.25, 0.3) is 0 Å². The third-order valence-electron chi connectivity index (χ3n) is 2.55. The quantitative estimate of drug-likeness (QED) is 0.930. The minimum atomic E-state index is -0.406. The van der Waals surface area contributed by atoms with Gasteiger partial charge in [-0.25, -0.2) is 4.79 Å². The second kappa shape index (κ2) is 4.83. The van der Waals surface area contributed by atoms with Gasteiger partial charge in [0.05, 0.1) is 20.3 Å². The molecule has 1 saturated heterocycles. The highest BCUT2D eigenvalue weighted by Crippen LogP contribution is 2.36. The molecule has 1 fully saturated rings. The summed E-state index contributed by atoms with van der Waals surface area (Å²) < 4.78 is 16.1. The molecule has 0 spiro atoms. The third-order valence-corrected chi connectivity index (χ3v) is 3.24. The first-order valence-electron chi connectivity index (χ1n) is 5.00. The van der Waals surface area contributed by atoms with Gasteiger partial charge in [-0.05, 0) is 17.7 Å². The Kier molecular flexibility index (Phi) is 3.42. The van der Waals surface area contributed by atoms with Crippen LogP contribution in [0.1, 0.15) is 11.6 Å². The van der Waals surface area contributed by atoms with Gasteiger partial charge in [0.1, 0.15) is 6.61 Å². The lowest BCUT2D eigenvalue weighted by molar-refractivity contribution is 0.177. The normalized spacial score (nSPS) is 18.5. The van der Waals surface area contributed by atoms with Gasteiger partial charge in [0.25, 0.3) is 0 Å². The van der Waals surface area contributed by atoms with Crippen LogP contribution in [0, 0.1) is 0 Å². The van der Waals surface area contributed by atoms with E-state index >= 15 is 0 Å². The summed E-state index contributed by atoms with van der Waals surface area (Å²) in [6.45, 7) is 0.312. The van der Waals surface area contributed by atoms with Gasteiger partial charge in [-0.15, -0.1) is 0 Å². The van der Waals surface area contributed by atoms with Crippen LogP contribution in [-0.4, -0.2) is 26.9 Å². The summed E-state index contributed by atoms with van der Waals surface area (Å²) in [6, 6.07) is 3.46. The maximum Gasteiger partial charge on any atom is 0.407 e. The molecule has 0 radical (unpaired) electrons. The van der Waals surface area contributed by atoms with E-state index in [9.17, 15) is 4.79 Å². The third kappa shape index (κ3) is 2.31. The van der Waals surface area contributed by atoms with Crippen LogP contribution in [0.15, 0.2) is 16.6 Å². The molecule has 2 rings (SSSR count). The Morgan fingerprint density at radius 1 is 1.35 bits per heavy atom. The van der Waals surface area contributed by atoms with Crippen LogP contribution in [0.2, 0.25) is 0 Å². The molecule has 1 aliphatic rings. The first kappa shape index (κ1) is 12.0. The second-order valence-electron chi connectivity index (χ2n) is 3.52. The van der Waals surface area contributed by atoms with E-state index < -0.39 is 6.09 Å². The second-order valence-corrected chi connectivity index (χ2v) is 4.38. The minimum absolute atomic E-state index is 0.170. The molecule has 1 unspecified atom stereocenters. The standard InChI is InChI=1S/C11H12BrNO4/c1-15-9-3-6(7(12)4-10(9)16-2)8-5-17-11(14)13-8/h3-4,8H,5H2,1-2H3,(H,13,14). The SMILES string of the molecule is COc1cc(Br)c(C2COC(=O)N2)cc1OC. The van der Waals surface area contributed by atoms with Gasteiger partial charge in [-0.1, -0.05) is 15.9 Å². The van der Waals surface area contributed by atoms with Gasteiger partial charge in [0.15, 0.2) is 11.5 Å². The monoisotopic (exact) mass is 301 g/mol. The largest absolute Gasteiger partial charge is 0.493 e. The van der Waals surface area contributed by atoms with Gasteiger partial charge in [0, 0.05) is 4.47 Å². The average Bonchev–Trinajstić information content (AvgIpc) is 2.75. The number of hydrogen-bond donors (Lipinski definition) is 1. The number of halogens is 1. The summed E-state index contributed by atoms with van der Waals surface area (Å²) in [6.07, 6.45) is -0.406. The van der Waals surface area contributed by atoms with Crippen molar-refractivity contribution in [1.29, 1.82) is 0 Å². The zero-order chi connectivity index (χ0) is 12.4. The number of amides is 1. The molecule has 1 atom stereocenters. The molecule has 6 heteroatoms. The van der Waals surface area contributed by atoms with Gasteiger partial charge in [-0.3, -0.25) is 0 Å². The highest BCUT2D eigenvalue weighted by atomic mass is 79.9. The van der Waals surface area contributed by atoms with Crippen molar-refractivity contribution in [3.63, 3.8) is 0 Å². The van der Waals surface area contributed by atoms with Crippen LogP contribution in [-0.2, 0) is 4.74 Å². The molecule has 5 nitrogen and oxygen atoms in total. The number of carbonyl (C=O) groups excluding carboxylic acids is 1. The van der Waals surface area contributed by atoms with Crippen LogP contribution >= 0.6 is 15.9 Å². The number of rotatable bonds is 3. The van der Waals surface area contributed by atoms with Crippen molar-refractivity contribution in [2.24, 2.45) is 0 Å². The molecular weight excluding hydrogens is 290 g/mol. The molecule has 0 aromatic heterocycles. The Morgan fingerprint density at radius 3 is 2.53 bits per heavy atom. The molecule has 1 aromatic rings. The molecule has 92 valence electrons. The number of alkyl carbamates (subject to hydrolysis) is 1. The summed E-state index contributed by atoms with van der Waals surface area (Å²) >= 11 is 3.44. The van der Waals surface area contributed by atoms with E-state index in [1.54, 1.807) is 20.3 Å². The molecule has 1 N–H and O–H groups in total. The van der Waals surface area contributed by atoms with Crippen molar-refractivity contribution in [1.82, 2.24) is 5.32 Å². The van der Waals surface area contributed by atoms with Gasteiger partial charge < -0.3 is 19.5 Å². The predicted molar refractivity (Wildman–Crippen MR) is 64.5 cm³/mol. The van der Waals surface area contributed by atoms with E-state index in [1.165, 1.54) is 0 Å². The number of cyclic esters (lactones) is 1. The zero-order valence-electron chi connectivity index (χ0n) is 9.45.